The molecule has 1 aromatic heterocycles. The third-order valence-electron chi connectivity index (χ3n) is 3.70. The van der Waals surface area contributed by atoms with Crippen molar-refractivity contribution in [1.29, 1.82) is 0 Å². The molecular weight excluding hydrogens is 276 g/mol. The molecule has 0 saturated heterocycles. The number of rotatable bonds is 5. The van der Waals surface area contributed by atoms with E-state index < -0.39 is 0 Å². The molecule has 6 heteroatoms. The minimum absolute atomic E-state index is 0.390. The van der Waals surface area contributed by atoms with E-state index >= 15 is 0 Å². The van der Waals surface area contributed by atoms with Crippen LogP contribution in [0.1, 0.15) is 19.3 Å². The first-order valence-electron chi connectivity index (χ1n) is 6.40. The summed E-state index contributed by atoms with van der Waals surface area (Å²) < 4.78 is 1.80. The highest BCUT2D eigenvalue weighted by Gasteiger charge is 2.36. The number of aromatic nitrogens is 4. The molecule has 1 aliphatic carbocycles. The van der Waals surface area contributed by atoms with Crippen molar-refractivity contribution >= 4 is 24.4 Å². The van der Waals surface area contributed by atoms with E-state index in [0.29, 0.717) is 5.41 Å². The number of tetrazole rings is 1. The SMILES string of the molecule is SCC1(CSc2nnnn2-c2ccccc2)CCC1. The van der Waals surface area contributed by atoms with Gasteiger partial charge in [-0.05, 0) is 46.6 Å². The minimum Gasteiger partial charge on any atom is -0.188 e. The predicted octanol–water partition coefficient (Wildman–Crippen LogP) is 2.85. The molecule has 100 valence electrons. The summed E-state index contributed by atoms with van der Waals surface area (Å²) in [5.74, 6) is 2.00. The lowest BCUT2D eigenvalue weighted by atomic mass is 9.72. The number of para-hydroxylation sites is 1. The van der Waals surface area contributed by atoms with Crippen LogP contribution in [0.15, 0.2) is 35.5 Å². The van der Waals surface area contributed by atoms with Crippen LogP contribution in [0, 0.1) is 5.41 Å². The Bertz CT molecular complexity index is 531. The fraction of sp³-hybridized carbons (Fsp3) is 0.462. The Kier molecular flexibility index (Phi) is 3.79. The number of thioether (sulfide) groups is 1. The molecule has 0 atom stereocenters. The largest absolute Gasteiger partial charge is 0.214 e. The van der Waals surface area contributed by atoms with Crippen molar-refractivity contribution in [3.8, 4) is 5.69 Å². The molecule has 1 heterocycles. The van der Waals surface area contributed by atoms with Gasteiger partial charge in [-0.15, -0.1) is 5.10 Å². The first-order valence-corrected chi connectivity index (χ1v) is 8.02. The zero-order chi connectivity index (χ0) is 13.1. The Balaban J connectivity index is 1.74. The monoisotopic (exact) mass is 292 g/mol. The van der Waals surface area contributed by atoms with Crippen molar-refractivity contribution in [2.24, 2.45) is 5.41 Å². The minimum atomic E-state index is 0.390. The third-order valence-corrected chi connectivity index (χ3v) is 5.64. The fourth-order valence-electron chi connectivity index (χ4n) is 2.24. The summed E-state index contributed by atoms with van der Waals surface area (Å²) in [6.45, 7) is 0. The van der Waals surface area contributed by atoms with Gasteiger partial charge in [-0.25, -0.2) is 0 Å². The molecule has 1 fully saturated rings. The highest BCUT2D eigenvalue weighted by Crippen LogP contribution is 2.45. The van der Waals surface area contributed by atoms with Gasteiger partial charge in [0.2, 0.25) is 5.16 Å². The number of thiol groups is 1. The lowest BCUT2D eigenvalue weighted by Gasteiger charge is -2.40. The van der Waals surface area contributed by atoms with Crippen molar-refractivity contribution < 1.29 is 0 Å². The number of nitrogens with zero attached hydrogens (tertiary/aromatic N) is 4. The van der Waals surface area contributed by atoms with Gasteiger partial charge in [0.15, 0.2) is 0 Å². The average molecular weight is 292 g/mol. The lowest BCUT2D eigenvalue weighted by Crippen LogP contribution is -2.33. The van der Waals surface area contributed by atoms with Crippen LogP contribution >= 0.6 is 24.4 Å². The summed E-state index contributed by atoms with van der Waals surface area (Å²) in [4.78, 5) is 0. The fourth-order valence-corrected chi connectivity index (χ4v) is 4.01. The van der Waals surface area contributed by atoms with Crippen LogP contribution in [-0.2, 0) is 0 Å². The summed E-state index contributed by atoms with van der Waals surface area (Å²) in [7, 11) is 0. The molecule has 19 heavy (non-hydrogen) atoms. The summed E-state index contributed by atoms with van der Waals surface area (Å²) in [6, 6.07) is 10.0. The van der Waals surface area contributed by atoms with Crippen LogP contribution in [-0.4, -0.2) is 31.7 Å². The molecule has 1 saturated carbocycles. The third kappa shape index (κ3) is 2.65. The van der Waals surface area contributed by atoms with Gasteiger partial charge in [0.1, 0.15) is 0 Å². The van der Waals surface area contributed by atoms with Gasteiger partial charge in [-0.1, -0.05) is 36.4 Å². The van der Waals surface area contributed by atoms with Gasteiger partial charge in [0.25, 0.3) is 0 Å². The Labute approximate surface area is 122 Å². The Morgan fingerprint density at radius 2 is 2.05 bits per heavy atom. The summed E-state index contributed by atoms with van der Waals surface area (Å²) in [5.41, 5.74) is 1.39. The smallest absolute Gasteiger partial charge is 0.188 e. The summed E-state index contributed by atoms with van der Waals surface area (Å²) >= 11 is 6.22. The molecular formula is C13H16N4S2. The molecule has 0 bridgehead atoms. The van der Waals surface area contributed by atoms with E-state index in [9.17, 15) is 0 Å². The van der Waals surface area contributed by atoms with E-state index in [1.165, 1.54) is 19.3 Å². The Hall–Kier alpha value is -1.01. The normalized spacial score (nSPS) is 17.1. The van der Waals surface area contributed by atoms with Crippen LogP contribution in [0.3, 0.4) is 0 Å². The van der Waals surface area contributed by atoms with Crippen molar-refractivity contribution in [3.05, 3.63) is 30.3 Å². The lowest BCUT2D eigenvalue weighted by molar-refractivity contribution is 0.205. The molecule has 2 aromatic rings. The van der Waals surface area contributed by atoms with Crippen molar-refractivity contribution in [2.45, 2.75) is 24.4 Å². The highest BCUT2D eigenvalue weighted by molar-refractivity contribution is 7.99. The van der Waals surface area contributed by atoms with E-state index in [-0.39, 0.29) is 0 Å². The molecule has 0 spiro atoms. The second-order valence-electron chi connectivity index (χ2n) is 5.01. The van der Waals surface area contributed by atoms with Crippen molar-refractivity contribution in [1.82, 2.24) is 20.2 Å². The molecule has 0 radical (unpaired) electrons. The van der Waals surface area contributed by atoms with Gasteiger partial charge in [-0.3, -0.25) is 0 Å². The number of benzene rings is 1. The first kappa shape index (κ1) is 13.0. The van der Waals surface area contributed by atoms with E-state index in [2.05, 4.69) is 28.2 Å². The molecule has 3 rings (SSSR count). The van der Waals surface area contributed by atoms with E-state index in [1.54, 1.807) is 16.4 Å². The first-order chi connectivity index (χ1) is 9.33. The van der Waals surface area contributed by atoms with Gasteiger partial charge in [-0.2, -0.15) is 17.3 Å². The predicted molar refractivity (Wildman–Crippen MR) is 80.0 cm³/mol. The summed E-state index contributed by atoms with van der Waals surface area (Å²) in [6.07, 6.45) is 3.87. The molecule has 0 aliphatic heterocycles. The van der Waals surface area contributed by atoms with Gasteiger partial charge < -0.3 is 0 Å². The van der Waals surface area contributed by atoms with Crippen LogP contribution in [0.4, 0.5) is 0 Å². The van der Waals surface area contributed by atoms with E-state index in [1.807, 2.05) is 30.3 Å². The van der Waals surface area contributed by atoms with Crippen LogP contribution in [0.5, 0.6) is 0 Å². The zero-order valence-corrected chi connectivity index (χ0v) is 12.3. The molecule has 1 aliphatic rings. The zero-order valence-electron chi connectivity index (χ0n) is 10.6. The van der Waals surface area contributed by atoms with E-state index in [4.69, 9.17) is 0 Å². The number of hydrogen-bond acceptors (Lipinski definition) is 5. The summed E-state index contributed by atoms with van der Waals surface area (Å²) in [5, 5.41) is 12.9. The second kappa shape index (κ2) is 5.54. The average Bonchev–Trinajstić information content (AvgIpc) is 2.87. The molecule has 4 nitrogen and oxygen atoms in total. The molecule has 0 amide bonds. The second-order valence-corrected chi connectivity index (χ2v) is 6.27. The maximum atomic E-state index is 4.49. The quantitative estimate of drug-likeness (QED) is 0.680. The molecule has 1 aromatic carbocycles. The Morgan fingerprint density at radius 1 is 1.26 bits per heavy atom. The number of hydrogen-bond donors (Lipinski definition) is 1. The van der Waals surface area contributed by atoms with Crippen LogP contribution < -0.4 is 0 Å². The van der Waals surface area contributed by atoms with Crippen LogP contribution in [0.2, 0.25) is 0 Å². The standard InChI is InChI=1S/C13H16N4S2/c18-9-13(7-4-8-13)10-19-12-14-15-16-17(12)11-5-2-1-3-6-11/h1-3,5-6,18H,4,7-10H2. The van der Waals surface area contributed by atoms with E-state index in [0.717, 1.165) is 22.3 Å². The van der Waals surface area contributed by atoms with Crippen LogP contribution in [0.25, 0.3) is 5.69 Å². The van der Waals surface area contributed by atoms with Crippen molar-refractivity contribution in [3.63, 3.8) is 0 Å². The van der Waals surface area contributed by atoms with Gasteiger partial charge in [0.05, 0.1) is 5.69 Å². The van der Waals surface area contributed by atoms with Gasteiger partial charge >= 0.3 is 0 Å². The van der Waals surface area contributed by atoms with Gasteiger partial charge in [0, 0.05) is 5.75 Å². The van der Waals surface area contributed by atoms with Crippen molar-refractivity contribution in [2.75, 3.05) is 11.5 Å². The molecule has 0 unspecified atom stereocenters. The Morgan fingerprint density at radius 3 is 2.68 bits per heavy atom. The topological polar surface area (TPSA) is 43.6 Å². The maximum Gasteiger partial charge on any atom is 0.214 e. The highest BCUT2D eigenvalue weighted by atomic mass is 32.2. The maximum absolute atomic E-state index is 4.49. The molecule has 0 N–H and O–H groups in total.